The van der Waals surface area contributed by atoms with Gasteiger partial charge in [-0.2, -0.15) is 0 Å². The molecule has 1 aromatic carbocycles. The van der Waals surface area contributed by atoms with Crippen LogP contribution < -0.4 is 11.1 Å². The highest BCUT2D eigenvalue weighted by atomic mass is 35.5. The molecule has 1 atom stereocenters. The Balaban J connectivity index is 0.00000280. The van der Waals surface area contributed by atoms with E-state index in [9.17, 15) is 14.4 Å². The number of nitrogens with zero attached hydrogens (tertiary/aromatic N) is 1. The first-order valence-corrected chi connectivity index (χ1v) is 9.14. The molecule has 1 aliphatic rings. The number of aromatic amines is 1. The number of carbonyl (C=O) groups excluding carboxylic acids is 3. The smallest absolute Gasteiger partial charge is 0.253 e. The van der Waals surface area contributed by atoms with Gasteiger partial charge in [-0.3, -0.25) is 14.4 Å². The van der Waals surface area contributed by atoms with Gasteiger partial charge >= 0.3 is 0 Å². The fourth-order valence-corrected chi connectivity index (χ4v) is 3.29. The molecule has 1 aliphatic heterocycles. The van der Waals surface area contributed by atoms with E-state index >= 15 is 0 Å². The van der Waals surface area contributed by atoms with Crippen molar-refractivity contribution in [2.75, 3.05) is 26.2 Å². The molecule has 7 nitrogen and oxygen atoms in total. The fraction of sp³-hybridized carbons (Fsp3) is 0.350. The van der Waals surface area contributed by atoms with Crippen molar-refractivity contribution in [3.05, 3.63) is 59.4 Å². The molecule has 2 amide bonds. The van der Waals surface area contributed by atoms with Crippen molar-refractivity contribution >= 4 is 30.0 Å². The minimum absolute atomic E-state index is 0. The number of rotatable bonds is 6. The van der Waals surface area contributed by atoms with Crippen LogP contribution in [0.2, 0.25) is 0 Å². The second-order valence-electron chi connectivity index (χ2n) is 6.68. The van der Waals surface area contributed by atoms with E-state index in [1.165, 1.54) is 0 Å². The molecule has 0 bridgehead atoms. The van der Waals surface area contributed by atoms with Gasteiger partial charge in [-0.05, 0) is 31.0 Å². The van der Waals surface area contributed by atoms with Crippen LogP contribution in [0.4, 0.5) is 0 Å². The Morgan fingerprint density at radius 1 is 1.11 bits per heavy atom. The van der Waals surface area contributed by atoms with Gasteiger partial charge in [0.05, 0.1) is 5.92 Å². The number of benzene rings is 1. The second-order valence-corrected chi connectivity index (χ2v) is 6.68. The van der Waals surface area contributed by atoms with Crippen molar-refractivity contribution < 1.29 is 14.4 Å². The number of halogens is 1. The van der Waals surface area contributed by atoms with Gasteiger partial charge in [-0.15, -0.1) is 12.4 Å². The number of hydrogen-bond donors (Lipinski definition) is 3. The number of aromatic nitrogens is 1. The number of amides is 2. The maximum absolute atomic E-state index is 12.8. The molecule has 2 heterocycles. The van der Waals surface area contributed by atoms with E-state index in [0.29, 0.717) is 42.9 Å². The predicted octanol–water partition coefficient (Wildman–Crippen LogP) is 1.59. The molecule has 4 N–H and O–H groups in total. The molecule has 0 spiro atoms. The zero-order valence-electron chi connectivity index (χ0n) is 15.5. The summed E-state index contributed by atoms with van der Waals surface area (Å²) in [6.07, 6.45) is 4.90. The summed E-state index contributed by atoms with van der Waals surface area (Å²) in [5.41, 5.74) is 7.05. The number of H-pyrrole nitrogens is 1. The van der Waals surface area contributed by atoms with Gasteiger partial charge in [0.2, 0.25) is 5.91 Å². The molecule has 150 valence electrons. The number of piperidine rings is 1. The molecule has 0 saturated carbocycles. The van der Waals surface area contributed by atoms with Gasteiger partial charge in [0.25, 0.3) is 5.91 Å². The van der Waals surface area contributed by atoms with Crippen LogP contribution in [-0.4, -0.2) is 53.7 Å². The van der Waals surface area contributed by atoms with E-state index in [2.05, 4.69) is 10.3 Å². The lowest BCUT2D eigenvalue weighted by Gasteiger charge is -2.32. The summed E-state index contributed by atoms with van der Waals surface area (Å²) >= 11 is 0. The molecule has 1 aromatic heterocycles. The number of ketones is 1. The van der Waals surface area contributed by atoms with E-state index in [0.717, 1.165) is 12.8 Å². The van der Waals surface area contributed by atoms with E-state index < -0.39 is 0 Å². The van der Waals surface area contributed by atoms with Gasteiger partial charge in [-0.25, -0.2) is 0 Å². The molecule has 3 rings (SSSR count). The first-order chi connectivity index (χ1) is 13.1. The van der Waals surface area contributed by atoms with E-state index in [1.54, 1.807) is 47.6 Å². The molecular weight excluding hydrogens is 380 g/mol. The summed E-state index contributed by atoms with van der Waals surface area (Å²) in [5.74, 6) is -0.467. The molecule has 0 radical (unpaired) electrons. The molecule has 28 heavy (non-hydrogen) atoms. The lowest BCUT2D eigenvalue weighted by atomic mass is 9.96. The third kappa shape index (κ3) is 4.99. The lowest BCUT2D eigenvalue weighted by Crippen LogP contribution is -2.46. The van der Waals surface area contributed by atoms with Crippen molar-refractivity contribution in [3.8, 4) is 0 Å². The quantitative estimate of drug-likeness (QED) is 0.635. The minimum atomic E-state index is -0.205. The Morgan fingerprint density at radius 2 is 1.82 bits per heavy atom. The van der Waals surface area contributed by atoms with E-state index in [1.807, 2.05) is 0 Å². The number of nitrogens with two attached hydrogens (primary N) is 1. The Kier molecular flexibility index (Phi) is 7.78. The highest BCUT2D eigenvalue weighted by Crippen LogP contribution is 2.19. The van der Waals surface area contributed by atoms with Crippen molar-refractivity contribution in [3.63, 3.8) is 0 Å². The summed E-state index contributed by atoms with van der Waals surface area (Å²) in [4.78, 5) is 41.8. The first-order valence-electron chi connectivity index (χ1n) is 9.14. The van der Waals surface area contributed by atoms with Crippen LogP contribution in [0, 0.1) is 5.92 Å². The summed E-state index contributed by atoms with van der Waals surface area (Å²) in [7, 11) is 0. The molecule has 2 aromatic rings. The molecule has 1 fully saturated rings. The number of hydrogen-bond acceptors (Lipinski definition) is 4. The SMILES string of the molecule is Cl.NCCNC(=O)C1CCCN(C(=O)c2ccc(C(=O)c3cc[nH]c3)cc2)C1. The molecular formula is C20H25ClN4O3. The first kappa shape index (κ1) is 21.7. The zero-order chi connectivity index (χ0) is 19.2. The van der Waals surface area contributed by atoms with Crippen molar-refractivity contribution in [1.82, 2.24) is 15.2 Å². The van der Waals surface area contributed by atoms with Gasteiger partial charge in [-0.1, -0.05) is 12.1 Å². The maximum Gasteiger partial charge on any atom is 0.253 e. The van der Waals surface area contributed by atoms with Gasteiger partial charge in [0.1, 0.15) is 0 Å². The van der Waals surface area contributed by atoms with Crippen LogP contribution in [0.3, 0.4) is 0 Å². The van der Waals surface area contributed by atoms with Crippen LogP contribution in [0.1, 0.15) is 39.1 Å². The Morgan fingerprint density at radius 3 is 2.46 bits per heavy atom. The van der Waals surface area contributed by atoms with Crippen LogP contribution in [0.15, 0.2) is 42.7 Å². The lowest BCUT2D eigenvalue weighted by molar-refractivity contribution is -0.126. The topological polar surface area (TPSA) is 108 Å². The normalized spacial score (nSPS) is 16.2. The van der Waals surface area contributed by atoms with Crippen molar-refractivity contribution in [1.29, 1.82) is 0 Å². The fourth-order valence-electron chi connectivity index (χ4n) is 3.29. The largest absolute Gasteiger partial charge is 0.367 e. The van der Waals surface area contributed by atoms with Gasteiger partial charge in [0.15, 0.2) is 5.78 Å². The Hall–Kier alpha value is -2.64. The van der Waals surface area contributed by atoms with E-state index in [-0.39, 0.29) is 35.9 Å². The minimum Gasteiger partial charge on any atom is -0.367 e. The Bertz CT molecular complexity index is 805. The number of likely N-dealkylation sites (tertiary alicyclic amines) is 1. The second kappa shape index (κ2) is 10.1. The average molecular weight is 405 g/mol. The summed E-state index contributed by atoms with van der Waals surface area (Å²) in [6, 6.07) is 8.38. The van der Waals surface area contributed by atoms with Crippen LogP contribution in [0.5, 0.6) is 0 Å². The standard InChI is InChI=1S/C20H24N4O3.ClH/c21-8-10-23-19(26)17-2-1-11-24(13-17)20(27)15-5-3-14(4-6-15)18(25)16-7-9-22-12-16;/h3-7,9,12,17,22H,1-2,8,10-11,13,21H2,(H,23,26);1H. The third-order valence-corrected chi connectivity index (χ3v) is 4.78. The molecule has 0 aliphatic carbocycles. The Labute approximate surface area is 170 Å². The van der Waals surface area contributed by atoms with Gasteiger partial charge < -0.3 is 20.9 Å². The monoisotopic (exact) mass is 404 g/mol. The highest BCUT2D eigenvalue weighted by Gasteiger charge is 2.28. The van der Waals surface area contributed by atoms with Crippen LogP contribution in [-0.2, 0) is 4.79 Å². The molecule has 8 heteroatoms. The van der Waals surface area contributed by atoms with Crippen molar-refractivity contribution in [2.45, 2.75) is 12.8 Å². The summed E-state index contributed by atoms with van der Waals surface area (Å²) in [6.45, 7) is 1.87. The zero-order valence-corrected chi connectivity index (χ0v) is 16.3. The molecule has 1 unspecified atom stereocenters. The average Bonchev–Trinajstić information content (AvgIpc) is 3.26. The third-order valence-electron chi connectivity index (χ3n) is 4.78. The van der Waals surface area contributed by atoms with Crippen LogP contribution >= 0.6 is 12.4 Å². The summed E-state index contributed by atoms with van der Waals surface area (Å²) in [5, 5.41) is 2.79. The number of nitrogens with one attached hydrogen (secondary N) is 2. The maximum atomic E-state index is 12.8. The highest BCUT2D eigenvalue weighted by molar-refractivity contribution is 6.09. The summed E-state index contributed by atoms with van der Waals surface area (Å²) < 4.78 is 0. The van der Waals surface area contributed by atoms with Gasteiger partial charge in [0, 0.05) is 55.3 Å². The number of carbonyl (C=O) groups is 3. The van der Waals surface area contributed by atoms with Crippen molar-refractivity contribution in [2.24, 2.45) is 11.7 Å². The van der Waals surface area contributed by atoms with Crippen LogP contribution in [0.25, 0.3) is 0 Å². The predicted molar refractivity (Wildman–Crippen MR) is 109 cm³/mol. The van der Waals surface area contributed by atoms with E-state index in [4.69, 9.17) is 5.73 Å². The molecule has 1 saturated heterocycles.